The summed E-state index contributed by atoms with van der Waals surface area (Å²) in [6, 6.07) is 4.44. The van der Waals surface area contributed by atoms with E-state index in [1.54, 1.807) is 13.0 Å². The first-order valence-corrected chi connectivity index (χ1v) is 6.90. The highest BCUT2D eigenvalue weighted by Gasteiger charge is 2.19. The molecule has 0 aliphatic rings. The molecule has 0 spiro atoms. The van der Waals surface area contributed by atoms with E-state index < -0.39 is 9.75 Å². The van der Waals surface area contributed by atoms with Crippen molar-refractivity contribution in [2.24, 2.45) is 0 Å². The number of hydrogen-bond donors (Lipinski definition) is 0. The van der Waals surface area contributed by atoms with Gasteiger partial charge < -0.3 is 4.74 Å². The minimum atomic E-state index is -0.518. The maximum atomic E-state index is 11.5. The maximum Gasteiger partial charge on any atom is 0.320 e. The number of rotatable bonds is 5. The molecular formula is C11H11Br2NO4. The summed E-state index contributed by atoms with van der Waals surface area (Å²) < 4.78 is 5.58. The van der Waals surface area contributed by atoms with E-state index in [0.29, 0.717) is 18.6 Å². The fraction of sp³-hybridized carbons (Fsp3) is 0.364. The van der Waals surface area contributed by atoms with Gasteiger partial charge in [-0.1, -0.05) is 31.9 Å². The number of nitro benzene ring substituents is 1. The van der Waals surface area contributed by atoms with Gasteiger partial charge in [0.2, 0.25) is 0 Å². The van der Waals surface area contributed by atoms with Gasteiger partial charge in [-0.05, 0) is 25.0 Å². The summed E-state index contributed by atoms with van der Waals surface area (Å²) in [5.41, 5.74) is 0.677. The number of halogens is 2. The molecule has 1 aromatic carbocycles. The molecule has 0 N–H and O–H groups in total. The molecule has 0 bridgehead atoms. The van der Waals surface area contributed by atoms with Crippen LogP contribution in [0.4, 0.5) is 5.69 Å². The standard InChI is InChI=1S/C11H11Br2NO4/c1-2-18-11(15)10(13)6-7-5-8(14(16)17)3-4-9(7)12/h3-5,10H,2,6H2,1H3. The molecule has 0 fully saturated rings. The Balaban J connectivity index is 2.86. The number of carbonyl (C=O) groups is 1. The van der Waals surface area contributed by atoms with Crippen molar-refractivity contribution < 1.29 is 14.5 Å². The van der Waals surface area contributed by atoms with Crippen LogP contribution in [0.5, 0.6) is 0 Å². The van der Waals surface area contributed by atoms with Gasteiger partial charge in [0.1, 0.15) is 4.83 Å². The molecule has 98 valence electrons. The predicted molar refractivity (Wildman–Crippen MR) is 73.8 cm³/mol. The van der Waals surface area contributed by atoms with Gasteiger partial charge in [-0.25, -0.2) is 0 Å². The average Bonchev–Trinajstić information content (AvgIpc) is 2.31. The van der Waals surface area contributed by atoms with Crippen molar-refractivity contribution >= 4 is 43.5 Å². The van der Waals surface area contributed by atoms with Gasteiger partial charge in [-0.3, -0.25) is 14.9 Å². The van der Waals surface area contributed by atoms with E-state index in [9.17, 15) is 14.9 Å². The first-order valence-electron chi connectivity index (χ1n) is 5.19. The van der Waals surface area contributed by atoms with Gasteiger partial charge in [0.15, 0.2) is 0 Å². The maximum absolute atomic E-state index is 11.5. The van der Waals surface area contributed by atoms with Gasteiger partial charge in [0.25, 0.3) is 5.69 Å². The molecule has 0 aliphatic heterocycles. The molecule has 0 radical (unpaired) electrons. The number of alkyl halides is 1. The van der Waals surface area contributed by atoms with Gasteiger partial charge >= 0.3 is 5.97 Å². The Morgan fingerprint density at radius 3 is 2.78 bits per heavy atom. The highest BCUT2D eigenvalue weighted by Crippen LogP contribution is 2.25. The van der Waals surface area contributed by atoms with Crippen LogP contribution in [0.1, 0.15) is 12.5 Å². The second-order valence-corrected chi connectivity index (χ2v) is 5.42. The third-order valence-electron chi connectivity index (χ3n) is 2.18. The van der Waals surface area contributed by atoms with E-state index in [1.807, 2.05) is 0 Å². The Bertz CT molecular complexity index is 464. The highest BCUT2D eigenvalue weighted by molar-refractivity contribution is 9.10. The zero-order valence-electron chi connectivity index (χ0n) is 9.56. The molecule has 0 heterocycles. The molecule has 1 rings (SSSR count). The highest BCUT2D eigenvalue weighted by atomic mass is 79.9. The fourth-order valence-corrected chi connectivity index (χ4v) is 2.23. The van der Waals surface area contributed by atoms with Crippen LogP contribution in [0.25, 0.3) is 0 Å². The van der Waals surface area contributed by atoms with E-state index in [2.05, 4.69) is 31.9 Å². The van der Waals surface area contributed by atoms with E-state index in [0.717, 1.165) is 4.47 Å². The lowest BCUT2D eigenvalue weighted by atomic mass is 10.1. The first kappa shape index (κ1) is 15.1. The summed E-state index contributed by atoms with van der Waals surface area (Å²) in [5.74, 6) is -0.379. The van der Waals surface area contributed by atoms with E-state index >= 15 is 0 Å². The number of nitro groups is 1. The quantitative estimate of drug-likeness (QED) is 0.340. The van der Waals surface area contributed by atoms with E-state index in [-0.39, 0.29) is 11.7 Å². The van der Waals surface area contributed by atoms with Crippen LogP contribution in [0, 0.1) is 10.1 Å². The molecule has 1 aromatic rings. The van der Waals surface area contributed by atoms with Crippen LogP contribution >= 0.6 is 31.9 Å². The van der Waals surface area contributed by atoms with Crippen LogP contribution in [0.15, 0.2) is 22.7 Å². The van der Waals surface area contributed by atoms with Crippen LogP contribution in [-0.2, 0) is 16.0 Å². The summed E-state index contributed by atoms with van der Waals surface area (Å²) in [4.78, 5) is 21.1. The second kappa shape index (κ2) is 6.84. The van der Waals surface area contributed by atoms with Crippen molar-refractivity contribution in [2.45, 2.75) is 18.2 Å². The summed E-state index contributed by atoms with van der Waals surface area (Å²) in [7, 11) is 0. The number of non-ortho nitro benzene ring substituents is 1. The minimum absolute atomic E-state index is 0.00300. The molecule has 0 saturated heterocycles. The van der Waals surface area contributed by atoms with Crippen molar-refractivity contribution in [3.8, 4) is 0 Å². The van der Waals surface area contributed by atoms with Crippen molar-refractivity contribution in [2.75, 3.05) is 6.61 Å². The first-order chi connectivity index (χ1) is 8.45. The fourth-order valence-electron chi connectivity index (χ4n) is 1.34. The molecule has 7 heteroatoms. The van der Waals surface area contributed by atoms with Gasteiger partial charge in [0, 0.05) is 16.6 Å². The van der Waals surface area contributed by atoms with E-state index in [1.165, 1.54) is 12.1 Å². The number of hydrogen-bond acceptors (Lipinski definition) is 4. The molecule has 1 atom stereocenters. The summed E-state index contributed by atoms with van der Waals surface area (Å²) in [5, 5.41) is 10.7. The molecule has 18 heavy (non-hydrogen) atoms. The zero-order chi connectivity index (χ0) is 13.7. The Morgan fingerprint density at radius 1 is 1.56 bits per heavy atom. The number of carbonyl (C=O) groups excluding carboxylic acids is 1. The third kappa shape index (κ3) is 4.06. The van der Waals surface area contributed by atoms with Crippen molar-refractivity contribution in [3.63, 3.8) is 0 Å². The molecule has 0 aliphatic carbocycles. The lowest BCUT2D eigenvalue weighted by Crippen LogP contribution is -2.19. The number of ether oxygens (including phenoxy) is 1. The lowest BCUT2D eigenvalue weighted by molar-refractivity contribution is -0.384. The second-order valence-electron chi connectivity index (χ2n) is 3.46. The molecular weight excluding hydrogens is 370 g/mol. The van der Waals surface area contributed by atoms with E-state index in [4.69, 9.17) is 4.74 Å². The smallest absolute Gasteiger partial charge is 0.320 e. The van der Waals surface area contributed by atoms with Crippen LogP contribution in [-0.4, -0.2) is 22.3 Å². The monoisotopic (exact) mass is 379 g/mol. The SMILES string of the molecule is CCOC(=O)C(Br)Cc1cc([N+](=O)[O-])ccc1Br. The summed E-state index contributed by atoms with van der Waals surface area (Å²) >= 11 is 6.51. The molecule has 5 nitrogen and oxygen atoms in total. The molecule has 1 unspecified atom stereocenters. The number of esters is 1. The third-order valence-corrected chi connectivity index (χ3v) is 3.65. The van der Waals surface area contributed by atoms with Crippen molar-refractivity contribution in [1.82, 2.24) is 0 Å². The summed E-state index contributed by atoms with van der Waals surface area (Å²) in [6.07, 6.45) is 0.321. The zero-order valence-corrected chi connectivity index (χ0v) is 12.7. The number of nitrogens with zero attached hydrogens (tertiary/aromatic N) is 1. The van der Waals surface area contributed by atoms with Gasteiger partial charge in [-0.15, -0.1) is 0 Å². The number of benzene rings is 1. The molecule has 0 saturated carbocycles. The van der Waals surface area contributed by atoms with Crippen LogP contribution in [0.2, 0.25) is 0 Å². The normalized spacial score (nSPS) is 11.9. The lowest BCUT2D eigenvalue weighted by Gasteiger charge is -2.10. The predicted octanol–water partition coefficient (Wildman–Crippen LogP) is 3.23. The average molecular weight is 381 g/mol. The van der Waals surface area contributed by atoms with Crippen molar-refractivity contribution in [1.29, 1.82) is 0 Å². The Morgan fingerprint density at radius 2 is 2.22 bits per heavy atom. The Hall–Kier alpha value is -0.950. The molecule has 0 aromatic heterocycles. The van der Waals surface area contributed by atoms with Gasteiger partial charge in [0.05, 0.1) is 11.5 Å². The van der Waals surface area contributed by atoms with Crippen molar-refractivity contribution in [3.05, 3.63) is 38.3 Å². The van der Waals surface area contributed by atoms with Gasteiger partial charge in [-0.2, -0.15) is 0 Å². The Kier molecular flexibility index (Phi) is 5.74. The Labute approximate surface area is 121 Å². The van der Waals surface area contributed by atoms with Crippen LogP contribution < -0.4 is 0 Å². The topological polar surface area (TPSA) is 69.4 Å². The summed E-state index contributed by atoms with van der Waals surface area (Å²) in [6.45, 7) is 2.03. The minimum Gasteiger partial charge on any atom is -0.465 e. The van der Waals surface area contributed by atoms with Crippen LogP contribution in [0.3, 0.4) is 0 Å². The largest absolute Gasteiger partial charge is 0.465 e. The molecule has 0 amide bonds.